The Morgan fingerprint density at radius 1 is 0.643 bits per heavy atom. The molecule has 0 unspecified atom stereocenters. The molecule has 0 bridgehead atoms. The molecule has 1 N–H and O–H groups in total. The zero-order valence-electron chi connectivity index (χ0n) is 14.8. The van der Waals surface area contributed by atoms with E-state index in [1.807, 2.05) is 54.6 Å². The summed E-state index contributed by atoms with van der Waals surface area (Å²) in [6.45, 7) is 0. The minimum absolute atomic E-state index is 0.363. The molecule has 0 amide bonds. The summed E-state index contributed by atoms with van der Waals surface area (Å²) in [6, 6.07) is 24.4. The van der Waals surface area contributed by atoms with Crippen molar-refractivity contribution in [3.8, 4) is 0 Å². The molecule has 0 radical (unpaired) electrons. The first-order valence-corrected chi connectivity index (χ1v) is 8.57. The second-order valence-electron chi connectivity index (χ2n) is 5.88. The predicted octanol–water partition coefficient (Wildman–Crippen LogP) is 7.73. The Morgan fingerprint density at radius 3 is 2.29 bits per heavy atom. The van der Waals surface area contributed by atoms with Crippen LogP contribution in [-0.4, -0.2) is 4.98 Å². The van der Waals surface area contributed by atoms with Crippen LogP contribution >= 0.6 is 0 Å². The van der Waals surface area contributed by atoms with Crippen LogP contribution in [0.25, 0.3) is 10.8 Å². The highest BCUT2D eigenvalue weighted by molar-refractivity contribution is 5.85. The highest BCUT2D eigenvalue weighted by Gasteiger charge is 2.08. The van der Waals surface area contributed by atoms with Gasteiger partial charge in [-0.3, -0.25) is 0 Å². The van der Waals surface area contributed by atoms with E-state index in [0.717, 1.165) is 10.8 Å². The Kier molecular flexibility index (Phi) is 4.97. The van der Waals surface area contributed by atoms with Crippen LogP contribution in [0.1, 0.15) is 0 Å². The van der Waals surface area contributed by atoms with E-state index in [2.05, 4.69) is 30.6 Å². The van der Waals surface area contributed by atoms with Crippen LogP contribution in [0.4, 0.5) is 28.6 Å². The topological polar surface area (TPSA) is 98.5 Å². The highest BCUT2D eigenvalue weighted by Crippen LogP contribution is 2.39. The van der Waals surface area contributed by atoms with Gasteiger partial charge in [-0.25, -0.2) is 10.5 Å². The van der Waals surface area contributed by atoms with E-state index in [9.17, 15) is 0 Å². The van der Waals surface area contributed by atoms with Crippen LogP contribution in [0.2, 0.25) is 0 Å². The van der Waals surface area contributed by atoms with Gasteiger partial charge in [0.25, 0.3) is 0 Å². The van der Waals surface area contributed by atoms with Gasteiger partial charge in [-0.05, 0) is 47.2 Å². The van der Waals surface area contributed by atoms with Gasteiger partial charge in [0.05, 0.1) is 5.69 Å². The predicted molar refractivity (Wildman–Crippen MR) is 108 cm³/mol. The molecule has 0 saturated heterocycles. The fourth-order valence-corrected chi connectivity index (χ4v) is 2.66. The van der Waals surface area contributed by atoms with Crippen molar-refractivity contribution in [1.29, 1.82) is 5.53 Å². The van der Waals surface area contributed by atoms with Gasteiger partial charge in [0.15, 0.2) is 5.82 Å². The Hall–Kier alpha value is -4.13. The first-order valence-electron chi connectivity index (χ1n) is 8.57. The van der Waals surface area contributed by atoms with Crippen molar-refractivity contribution >= 4 is 39.3 Å². The van der Waals surface area contributed by atoms with Crippen molar-refractivity contribution in [2.75, 3.05) is 0 Å². The molecule has 0 aliphatic heterocycles. The monoisotopic (exact) mass is 365 g/mol. The number of fused-ring (bicyclic) bond motifs is 1. The third kappa shape index (κ3) is 3.83. The van der Waals surface area contributed by atoms with Crippen molar-refractivity contribution in [2.24, 2.45) is 25.6 Å². The number of nitrogens with zero attached hydrogens (tertiary/aromatic N) is 6. The lowest BCUT2D eigenvalue weighted by atomic mass is 10.1. The summed E-state index contributed by atoms with van der Waals surface area (Å²) in [6.07, 6.45) is 1.64. The molecule has 1 aromatic heterocycles. The molecule has 0 aliphatic rings. The van der Waals surface area contributed by atoms with Gasteiger partial charge in [0, 0.05) is 6.20 Å². The molecule has 0 atom stereocenters. The molecule has 0 spiro atoms. The van der Waals surface area contributed by atoms with E-state index in [1.165, 1.54) is 0 Å². The fourth-order valence-electron chi connectivity index (χ4n) is 2.66. The molecule has 134 valence electrons. The van der Waals surface area contributed by atoms with Crippen LogP contribution in [0.5, 0.6) is 0 Å². The van der Waals surface area contributed by atoms with Crippen LogP contribution < -0.4 is 0 Å². The summed E-state index contributed by atoms with van der Waals surface area (Å²) >= 11 is 0. The minimum atomic E-state index is 0.363. The van der Waals surface area contributed by atoms with Gasteiger partial charge in [-0.1, -0.05) is 42.5 Å². The highest BCUT2D eigenvalue weighted by atomic mass is 15.2. The lowest BCUT2D eigenvalue weighted by Crippen LogP contribution is -1.73. The maximum Gasteiger partial charge on any atom is 0.174 e. The zero-order chi connectivity index (χ0) is 19.2. The van der Waals surface area contributed by atoms with Gasteiger partial charge in [-0.2, -0.15) is 10.2 Å². The second kappa shape index (κ2) is 8.05. The lowest BCUT2D eigenvalue weighted by molar-refractivity contribution is 1.11. The zero-order valence-corrected chi connectivity index (χ0v) is 14.8. The van der Waals surface area contributed by atoms with Gasteiger partial charge in [0.2, 0.25) is 0 Å². The second-order valence-corrected chi connectivity index (χ2v) is 5.88. The lowest BCUT2D eigenvalue weighted by Gasteiger charge is -2.02. The molecule has 3 aromatic carbocycles. The number of hydrogen-bond donors (Lipinski definition) is 1. The van der Waals surface area contributed by atoms with E-state index >= 15 is 0 Å². The average Bonchev–Trinajstić information content (AvgIpc) is 2.77. The summed E-state index contributed by atoms with van der Waals surface area (Å²) in [7, 11) is 0. The van der Waals surface area contributed by atoms with Crippen molar-refractivity contribution in [2.45, 2.75) is 0 Å². The maximum absolute atomic E-state index is 7.41. The normalized spacial score (nSPS) is 11.4. The van der Waals surface area contributed by atoms with Gasteiger partial charge < -0.3 is 0 Å². The third-order valence-corrected chi connectivity index (χ3v) is 4.02. The molecule has 4 aromatic rings. The molecule has 7 nitrogen and oxygen atoms in total. The van der Waals surface area contributed by atoms with Gasteiger partial charge in [0.1, 0.15) is 17.1 Å². The summed E-state index contributed by atoms with van der Waals surface area (Å²) in [5.74, 6) is 0.480. The van der Waals surface area contributed by atoms with Crippen LogP contribution in [0.15, 0.2) is 111 Å². The smallest absolute Gasteiger partial charge is 0.174 e. The van der Waals surface area contributed by atoms with E-state index in [-0.39, 0.29) is 0 Å². The Morgan fingerprint density at radius 2 is 1.46 bits per heavy atom. The van der Waals surface area contributed by atoms with Crippen molar-refractivity contribution in [3.63, 3.8) is 0 Å². The number of azo groups is 2. The number of benzene rings is 3. The molecule has 0 saturated carbocycles. The first kappa shape index (κ1) is 17.3. The number of pyridine rings is 1. The van der Waals surface area contributed by atoms with E-state index < -0.39 is 0 Å². The van der Waals surface area contributed by atoms with Gasteiger partial charge >= 0.3 is 0 Å². The third-order valence-electron chi connectivity index (χ3n) is 4.02. The molecule has 28 heavy (non-hydrogen) atoms. The summed E-state index contributed by atoms with van der Waals surface area (Å²) in [5.41, 5.74) is 9.31. The molecule has 4 rings (SSSR count). The summed E-state index contributed by atoms with van der Waals surface area (Å²) in [5, 5.41) is 22.7. The number of nitrogens with one attached hydrogen (secondary N) is 1. The SMILES string of the molecule is N=Nc1cccc(N=Nc2ccccn2)c1N=Nc1ccc2ccccc2c1. The molecular weight excluding hydrogens is 350 g/mol. The van der Waals surface area contributed by atoms with Crippen molar-refractivity contribution < 1.29 is 0 Å². The fraction of sp³-hybridized carbons (Fsp3) is 0. The number of rotatable bonds is 5. The van der Waals surface area contributed by atoms with Crippen LogP contribution in [0.3, 0.4) is 0 Å². The Balaban J connectivity index is 1.70. The van der Waals surface area contributed by atoms with Gasteiger partial charge in [-0.15, -0.1) is 15.3 Å². The molecule has 7 heteroatoms. The van der Waals surface area contributed by atoms with E-state index in [0.29, 0.717) is 28.6 Å². The Labute approximate surface area is 161 Å². The molecule has 1 heterocycles. The summed E-state index contributed by atoms with van der Waals surface area (Å²) < 4.78 is 0. The standard InChI is InChI=1S/C21H15N7/c22-24-18-8-5-9-19(26-27-20-10-3-4-13-23-20)21(18)28-25-17-12-11-15-6-1-2-7-16(15)14-17/h1-14,22H. The van der Waals surface area contributed by atoms with Crippen molar-refractivity contribution in [3.05, 3.63) is 85.1 Å². The average molecular weight is 365 g/mol. The molecule has 0 aliphatic carbocycles. The van der Waals surface area contributed by atoms with Crippen molar-refractivity contribution in [1.82, 2.24) is 4.98 Å². The summed E-state index contributed by atoms with van der Waals surface area (Å²) in [4.78, 5) is 4.11. The molecular formula is C21H15N7. The first-order chi connectivity index (χ1) is 13.8. The largest absolute Gasteiger partial charge is 0.236 e. The minimum Gasteiger partial charge on any atom is -0.236 e. The maximum atomic E-state index is 7.41. The van der Waals surface area contributed by atoms with Crippen LogP contribution in [-0.2, 0) is 0 Å². The Bertz CT molecular complexity index is 1180. The van der Waals surface area contributed by atoms with Crippen LogP contribution in [0, 0.1) is 5.53 Å². The number of aromatic nitrogens is 1. The molecule has 0 fully saturated rings. The number of hydrogen-bond acceptors (Lipinski definition) is 7. The van der Waals surface area contributed by atoms with E-state index in [4.69, 9.17) is 5.53 Å². The quantitative estimate of drug-likeness (QED) is 0.359. The van der Waals surface area contributed by atoms with E-state index in [1.54, 1.807) is 30.5 Å².